The monoisotopic (exact) mass is 514 g/mol. The summed E-state index contributed by atoms with van der Waals surface area (Å²) < 4.78 is 5.05. The fourth-order valence-electron chi connectivity index (χ4n) is 0.610. The first kappa shape index (κ1) is 11.4. The second-order valence-electron chi connectivity index (χ2n) is 1.93. The summed E-state index contributed by atoms with van der Waals surface area (Å²) in [5.74, 6) is 0. The van der Waals surface area contributed by atoms with Gasteiger partial charge in [-0.25, -0.2) is 0 Å². The molecule has 0 bridgehead atoms. The predicted octanol–water partition coefficient (Wildman–Crippen LogP) is 2.58. The van der Waals surface area contributed by atoms with E-state index in [9.17, 15) is 0 Å². The highest BCUT2D eigenvalue weighted by Crippen LogP contribution is 2.24. The highest BCUT2D eigenvalue weighted by molar-refractivity contribution is 14.1. The summed E-state index contributed by atoms with van der Waals surface area (Å²) in [5, 5.41) is 0. The summed E-state index contributed by atoms with van der Waals surface area (Å²) in [6.45, 7) is 0. The second kappa shape index (κ2) is 4.68. The Balaban J connectivity index is 3.46. The van der Waals surface area contributed by atoms with Crippen LogP contribution in [0.15, 0.2) is 11.0 Å². The van der Waals surface area contributed by atoms with Gasteiger partial charge in [0.2, 0.25) is 0 Å². The molecule has 0 nitrogen and oxygen atoms in total. The van der Waals surface area contributed by atoms with Gasteiger partial charge in [-0.15, -0.1) is 17.1 Å². The van der Waals surface area contributed by atoms with Gasteiger partial charge in [0, 0.05) is 15.6 Å². The van der Waals surface area contributed by atoms with E-state index in [0.29, 0.717) is 0 Å². The second-order valence-corrected chi connectivity index (χ2v) is 6.27. The third kappa shape index (κ3) is 2.62. The van der Waals surface area contributed by atoms with Gasteiger partial charge in [-0.3, -0.25) is 0 Å². The molecule has 0 fully saturated rings. The average molecular weight is 514 g/mol. The summed E-state index contributed by atoms with van der Waals surface area (Å²) in [6.07, 6.45) is 0. The Morgan fingerprint density at radius 1 is 1.09 bits per heavy atom. The summed E-state index contributed by atoms with van der Waals surface area (Å²) in [6, 6.07) is 2.07. The molecule has 0 saturated carbocycles. The molecule has 0 atom stereocenters. The Labute approximate surface area is 121 Å². The number of halogens is 3. The van der Waals surface area contributed by atoms with E-state index in [1.165, 1.54) is 15.1 Å². The molecule has 2 radical (unpaired) electrons. The van der Waals surface area contributed by atoms with Gasteiger partial charge in [-0.05, 0) is 67.8 Å². The number of hydrogen-bond donors (Lipinski definition) is 1. The number of benzene rings is 1. The van der Waals surface area contributed by atoms with E-state index in [0.717, 1.165) is 4.90 Å². The smallest absolute Gasteiger partial charge is 0.142 e. The normalized spacial score (nSPS) is 10.2. The quantitative estimate of drug-likeness (QED) is 0.234. The minimum absolute atomic E-state index is 1.06. The molecule has 56 valence electrons. The summed E-state index contributed by atoms with van der Waals surface area (Å²) in [5.41, 5.74) is 0. The van der Waals surface area contributed by atoms with Crippen LogP contribution >= 0.6 is 80.4 Å². The third-order valence-corrected chi connectivity index (χ3v) is 8.40. The predicted molar refractivity (Wildman–Crippen MR) is 77.2 cm³/mol. The molecular formula is C6H2AlI3S. The van der Waals surface area contributed by atoms with E-state index >= 15 is 0 Å². The molecule has 0 unspecified atom stereocenters. The largest absolute Gasteiger partial charge is 0.177 e. The fraction of sp³-hybridized carbons (Fsp3) is 0. The SMILES string of the molecule is [Al][c]1cc(S)c(I)c(I)c1I. The summed E-state index contributed by atoms with van der Waals surface area (Å²) >= 11 is 14.1. The first-order valence-corrected chi connectivity index (χ1v) is 6.92. The van der Waals surface area contributed by atoms with Gasteiger partial charge in [0.15, 0.2) is 16.3 Å². The minimum Gasteiger partial charge on any atom is -0.142 e. The van der Waals surface area contributed by atoms with Crippen molar-refractivity contribution in [3.63, 3.8) is 0 Å². The molecule has 1 aromatic carbocycles. The van der Waals surface area contributed by atoms with Gasteiger partial charge in [-0.1, -0.05) is 6.07 Å². The van der Waals surface area contributed by atoms with Crippen molar-refractivity contribution in [1.29, 1.82) is 0 Å². The van der Waals surface area contributed by atoms with Crippen molar-refractivity contribution in [3.8, 4) is 0 Å². The first-order valence-electron chi connectivity index (χ1n) is 2.66. The molecule has 0 heterocycles. The lowest BCUT2D eigenvalue weighted by atomic mass is 10.4. The van der Waals surface area contributed by atoms with Crippen LogP contribution in [0.1, 0.15) is 0 Å². The van der Waals surface area contributed by atoms with E-state index in [1.54, 1.807) is 0 Å². The molecule has 1 aromatic rings. The maximum atomic E-state index is 4.36. The highest BCUT2D eigenvalue weighted by Gasteiger charge is 2.06. The van der Waals surface area contributed by atoms with Crippen LogP contribution in [0, 0.1) is 10.7 Å². The third-order valence-electron chi connectivity index (χ3n) is 1.16. The zero-order chi connectivity index (χ0) is 8.59. The molecule has 0 aromatic heterocycles. The van der Waals surface area contributed by atoms with Crippen molar-refractivity contribution in [1.82, 2.24) is 0 Å². The van der Waals surface area contributed by atoms with Gasteiger partial charge >= 0.3 is 0 Å². The van der Waals surface area contributed by atoms with Gasteiger partial charge in [0.25, 0.3) is 0 Å². The standard InChI is InChI=1S/C6H2I3S.Al/c7-3-1-2-4(10)6(9)5(3)8;/h2,10H;. The Morgan fingerprint density at radius 2 is 1.64 bits per heavy atom. The molecule has 0 aliphatic heterocycles. The molecule has 0 aliphatic carbocycles. The van der Waals surface area contributed by atoms with Crippen LogP contribution in [-0.4, -0.2) is 16.3 Å². The zero-order valence-electron chi connectivity index (χ0n) is 5.24. The van der Waals surface area contributed by atoms with Crippen LogP contribution in [-0.2, 0) is 0 Å². The minimum atomic E-state index is 1.06. The number of hydrogen-bond acceptors (Lipinski definition) is 1. The van der Waals surface area contributed by atoms with Crippen LogP contribution in [0.3, 0.4) is 0 Å². The van der Waals surface area contributed by atoms with Crippen LogP contribution in [0.4, 0.5) is 0 Å². The average Bonchev–Trinajstić information content (AvgIpc) is 1.97. The molecule has 0 spiro atoms. The zero-order valence-corrected chi connectivity index (χ0v) is 13.8. The maximum Gasteiger partial charge on any atom is 0.177 e. The molecule has 0 aliphatic rings. The Bertz CT molecular complexity index is 274. The van der Waals surface area contributed by atoms with Crippen molar-refractivity contribution in [2.75, 3.05) is 0 Å². The highest BCUT2D eigenvalue weighted by atomic mass is 127. The molecule has 11 heavy (non-hydrogen) atoms. The van der Waals surface area contributed by atoms with Gasteiger partial charge in [-0.2, -0.15) is 0 Å². The Hall–Kier alpha value is 2.29. The van der Waals surface area contributed by atoms with E-state index in [1.807, 2.05) is 0 Å². The molecular weight excluding hydrogens is 512 g/mol. The van der Waals surface area contributed by atoms with E-state index in [2.05, 4.69) is 103 Å². The van der Waals surface area contributed by atoms with E-state index < -0.39 is 0 Å². The topological polar surface area (TPSA) is 0 Å². The molecule has 0 amide bonds. The van der Waals surface area contributed by atoms with Gasteiger partial charge in [0.05, 0.1) is 0 Å². The Morgan fingerprint density at radius 3 is 2.18 bits per heavy atom. The van der Waals surface area contributed by atoms with Crippen LogP contribution < -0.4 is 4.43 Å². The van der Waals surface area contributed by atoms with Crippen molar-refractivity contribution < 1.29 is 0 Å². The number of thiol groups is 1. The van der Waals surface area contributed by atoms with Crippen LogP contribution in [0.5, 0.6) is 0 Å². The molecule has 5 heteroatoms. The summed E-state index contributed by atoms with van der Waals surface area (Å²) in [7, 11) is 0. The lowest BCUT2D eigenvalue weighted by molar-refractivity contribution is 1.38. The lowest BCUT2D eigenvalue weighted by Gasteiger charge is -2.07. The van der Waals surface area contributed by atoms with Gasteiger partial charge in [0.1, 0.15) is 0 Å². The van der Waals surface area contributed by atoms with E-state index in [-0.39, 0.29) is 0 Å². The van der Waals surface area contributed by atoms with Crippen LogP contribution in [0.25, 0.3) is 0 Å². The van der Waals surface area contributed by atoms with Crippen molar-refractivity contribution in [2.24, 2.45) is 0 Å². The van der Waals surface area contributed by atoms with Crippen molar-refractivity contribution >= 4 is 101 Å². The first-order chi connectivity index (χ1) is 5.04. The van der Waals surface area contributed by atoms with Crippen molar-refractivity contribution in [2.45, 2.75) is 4.90 Å². The van der Waals surface area contributed by atoms with Crippen molar-refractivity contribution in [3.05, 3.63) is 16.8 Å². The van der Waals surface area contributed by atoms with Crippen LogP contribution in [0.2, 0.25) is 0 Å². The Kier molecular flexibility index (Phi) is 4.84. The molecule has 0 N–H and O–H groups in total. The molecule has 1 rings (SSSR count). The lowest BCUT2D eigenvalue weighted by Crippen LogP contribution is -2.10. The molecule has 0 saturated heterocycles. The fourth-order valence-corrected chi connectivity index (χ4v) is 3.79. The maximum absolute atomic E-state index is 4.36. The van der Waals surface area contributed by atoms with E-state index in [4.69, 9.17) is 0 Å². The summed E-state index contributed by atoms with van der Waals surface area (Å²) in [4.78, 5) is 1.06. The number of rotatable bonds is 0. The van der Waals surface area contributed by atoms with Gasteiger partial charge < -0.3 is 0 Å².